The maximum Gasteiger partial charge on any atom is 0.245 e. The van der Waals surface area contributed by atoms with E-state index in [-0.39, 0.29) is 12.3 Å². The van der Waals surface area contributed by atoms with E-state index in [1.165, 1.54) is 0 Å². The summed E-state index contributed by atoms with van der Waals surface area (Å²) < 4.78 is 38.5. The fourth-order valence-corrected chi connectivity index (χ4v) is 4.49. The summed E-state index contributed by atoms with van der Waals surface area (Å²) >= 11 is 2.19. The minimum atomic E-state index is -3.67. The first-order valence-corrected chi connectivity index (χ1v) is 11.4. The third-order valence-electron chi connectivity index (χ3n) is 4.26. The standard InChI is InChI=1S/C19H21IN2O5S/c1-3-28(24,25)22(15-5-7-17-18(11-15)27-9-8-26-17)12-19(23)21-16-6-4-14(20)10-13(16)2/h4-7,10-11H,3,8-9,12H2,1-2H3,(H,21,23). The van der Waals surface area contributed by atoms with Crippen LogP contribution in [0.5, 0.6) is 11.5 Å². The summed E-state index contributed by atoms with van der Waals surface area (Å²) in [5, 5.41) is 2.79. The Hall–Kier alpha value is -2.01. The van der Waals surface area contributed by atoms with E-state index in [2.05, 4.69) is 27.9 Å². The van der Waals surface area contributed by atoms with Gasteiger partial charge in [0.15, 0.2) is 11.5 Å². The van der Waals surface area contributed by atoms with E-state index in [0.29, 0.717) is 36.1 Å². The maximum atomic E-state index is 12.6. The fraction of sp³-hybridized carbons (Fsp3) is 0.316. The molecule has 0 spiro atoms. The van der Waals surface area contributed by atoms with Gasteiger partial charge in [0, 0.05) is 15.3 Å². The van der Waals surface area contributed by atoms with Gasteiger partial charge in [-0.15, -0.1) is 0 Å². The molecular weight excluding hydrogens is 495 g/mol. The zero-order chi connectivity index (χ0) is 20.3. The number of benzene rings is 2. The zero-order valence-electron chi connectivity index (χ0n) is 15.6. The Morgan fingerprint density at radius 2 is 1.86 bits per heavy atom. The van der Waals surface area contributed by atoms with Crippen LogP contribution in [0.25, 0.3) is 0 Å². The van der Waals surface area contributed by atoms with Crippen molar-refractivity contribution in [3.8, 4) is 11.5 Å². The van der Waals surface area contributed by atoms with Gasteiger partial charge in [-0.05, 0) is 72.3 Å². The molecule has 0 unspecified atom stereocenters. The molecule has 0 saturated heterocycles. The smallest absolute Gasteiger partial charge is 0.245 e. The quantitative estimate of drug-likeness (QED) is 0.597. The molecule has 1 aliphatic heterocycles. The molecule has 1 aliphatic rings. The van der Waals surface area contributed by atoms with Gasteiger partial charge < -0.3 is 14.8 Å². The van der Waals surface area contributed by atoms with Crippen molar-refractivity contribution in [3.63, 3.8) is 0 Å². The van der Waals surface area contributed by atoms with Gasteiger partial charge in [0.25, 0.3) is 0 Å². The molecule has 0 radical (unpaired) electrons. The van der Waals surface area contributed by atoms with E-state index < -0.39 is 15.9 Å². The van der Waals surface area contributed by atoms with Crippen molar-refractivity contribution in [2.24, 2.45) is 0 Å². The number of hydrogen-bond acceptors (Lipinski definition) is 5. The molecule has 0 fully saturated rings. The number of nitrogens with one attached hydrogen (secondary N) is 1. The Morgan fingerprint density at radius 1 is 1.14 bits per heavy atom. The Kier molecular flexibility index (Phi) is 6.33. The van der Waals surface area contributed by atoms with Gasteiger partial charge in [-0.3, -0.25) is 9.10 Å². The third kappa shape index (κ3) is 4.69. The van der Waals surface area contributed by atoms with Crippen LogP contribution in [0.4, 0.5) is 11.4 Å². The normalized spacial score (nSPS) is 13.1. The van der Waals surface area contributed by atoms with Crippen LogP contribution in [-0.2, 0) is 14.8 Å². The van der Waals surface area contributed by atoms with Crippen LogP contribution >= 0.6 is 22.6 Å². The van der Waals surface area contributed by atoms with Crippen molar-refractivity contribution in [1.29, 1.82) is 0 Å². The highest BCUT2D eigenvalue weighted by Crippen LogP contribution is 2.34. The lowest BCUT2D eigenvalue weighted by molar-refractivity contribution is -0.114. The summed E-state index contributed by atoms with van der Waals surface area (Å²) in [5.74, 6) is 0.477. The summed E-state index contributed by atoms with van der Waals surface area (Å²) in [6, 6.07) is 10.5. The molecule has 2 aromatic rings. The van der Waals surface area contributed by atoms with E-state index in [0.717, 1.165) is 13.4 Å². The second-order valence-corrected chi connectivity index (χ2v) is 9.67. The molecule has 0 bridgehead atoms. The molecule has 150 valence electrons. The van der Waals surface area contributed by atoms with Crippen molar-refractivity contribution in [2.45, 2.75) is 13.8 Å². The van der Waals surface area contributed by atoms with Gasteiger partial charge in [0.2, 0.25) is 15.9 Å². The van der Waals surface area contributed by atoms with Crippen molar-refractivity contribution >= 4 is 49.9 Å². The first-order valence-electron chi connectivity index (χ1n) is 8.76. The number of anilines is 2. The molecule has 7 nitrogen and oxygen atoms in total. The van der Waals surface area contributed by atoms with Gasteiger partial charge in [-0.25, -0.2) is 8.42 Å². The second kappa shape index (κ2) is 8.56. The highest BCUT2D eigenvalue weighted by molar-refractivity contribution is 14.1. The van der Waals surface area contributed by atoms with E-state index >= 15 is 0 Å². The van der Waals surface area contributed by atoms with Crippen molar-refractivity contribution < 1.29 is 22.7 Å². The summed E-state index contributed by atoms with van der Waals surface area (Å²) in [5.41, 5.74) is 1.92. The molecule has 2 aromatic carbocycles. The summed E-state index contributed by atoms with van der Waals surface area (Å²) in [4.78, 5) is 12.6. The predicted molar refractivity (Wildman–Crippen MR) is 117 cm³/mol. The molecule has 1 amide bonds. The summed E-state index contributed by atoms with van der Waals surface area (Å²) in [6.07, 6.45) is 0. The number of aryl methyl sites for hydroxylation is 1. The molecule has 1 N–H and O–H groups in total. The Bertz CT molecular complexity index is 994. The molecule has 3 rings (SSSR count). The monoisotopic (exact) mass is 516 g/mol. The topological polar surface area (TPSA) is 84.9 Å². The summed E-state index contributed by atoms with van der Waals surface area (Å²) in [7, 11) is -3.67. The van der Waals surface area contributed by atoms with Gasteiger partial charge >= 0.3 is 0 Å². The van der Waals surface area contributed by atoms with Crippen LogP contribution in [0.15, 0.2) is 36.4 Å². The van der Waals surface area contributed by atoms with Crippen molar-refractivity contribution in [1.82, 2.24) is 0 Å². The molecule has 28 heavy (non-hydrogen) atoms. The number of hydrogen-bond donors (Lipinski definition) is 1. The average Bonchev–Trinajstić information content (AvgIpc) is 2.68. The van der Waals surface area contributed by atoms with Gasteiger partial charge in [-0.2, -0.15) is 0 Å². The Morgan fingerprint density at radius 3 is 2.54 bits per heavy atom. The van der Waals surface area contributed by atoms with Gasteiger partial charge in [0.05, 0.1) is 11.4 Å². The third-order valence-corrected chi connectivity index (χ3v) is 6.68. The lowest BCUT2D eigenvalue weighted by Gasteiger charge is -2.25. The van der Waals surface area contributed by atoms with E-state index in [9.17, 15) is 13.2 Å². The number of amides is 1. The van der Waals surface area contributed by atoms with Crippen molar-refractivity contribution in [2.75, 3.05) is 35.1 Å². The molecule has 9 heteroatoms. The van der Waals surface area contributed by atoms with Gasteiger partial charge in [0.1, 0.15) is 19.8 Å². The Balaban J connectivity index is 1.85. The largest absolute Gasteiger partial charge is 0.486 e. The van der Waals surface area contributed by atoms with Crippen LogP contribution in [0.2, 0.25) is 0 Å². The molecule has 0 saturated carbocycles. The van der Waals surface area contributed by atoms with Gasteiger partial charge in [-0.1, -0.05) is 0 Å². The number of sulfonamides is 1. The number of nitrogens with zero attached hydrogens (tertiary/aromatic N) is 1. The highest BCUT2D eigenvalue weighted by Gasteiger charge is 2.25. The SMILES string of the molecule is CCS(=O)(=O)N(CC(=O)Nc1ccc(I)cc1C)c1ccc2c(c1)OCCO2. The molecular formula is C19H21IN2O5S. The number of fused-ring (bicyclic) bond motifs is 1. The molecule has 0 atom stereocenters. The zero-order valence-corrected chi connectivity index (χ0v) is 18.5. The minimum Gasteiger partial charge on any atom is -0.486 e. The lowest BCUT2D eigenvalue weighted by Crippen LogP contribution is -2.39. The first-order chi connectivity index (χ1) is 13.3. The van der Waals surface area contributed by atoms with Crippen LogP contribution in [0, 0.1) is 10.5 Å². The number of carbonyl (C=O) groups excluding carboxylic acids is 1. The predicted octanol–water partition coefficient (Wildman–Crippen LogP) is 3.17. The number of ether oxygens (including phenoxy) is 2. The first kappa shape index (κ1) is 20.7. The fourth-order valence-electron chi connectivity index (χ4n) is 2.78. The number of rotatable bonds is 6. The number of halogens is 1. The van der Waals surface area contributed by atoms with Crippen LogP contribution in [0.1, 0.15) is 12.5 Å². The van der Waals surface area contributed by atoms with Crippen LogP contribution < -0.4 is 19.1 Å². The molecule has 0 aliphatic carbocycles. The van der Waals surface area contributed by atoms with E-state index in [1.807, 2.05) is 19.1 Å². The lowest BCUT2D eigenvalue weighted by atomic mass is 10.2. The molecule has 1 heterocycles. The highest BCUT2D eigenvalue weighted by atomic mass is 127. The average molecular weight is 516 g/mol. The van der Waals surface area contributed by atoms with Crippen LogP contribution in [0.3, 0.4) is 0 Å². The van der Waals surface area contributed by atoms with E-state index in [1.54, 1.807) is 31.2 Å². The maximum absolute atomic E-state index is 12.6. The van der Waals surface area contributed by atoms with Crippen LogP contribution in [-0.4, -0.2) is 39.8 Å². The van der Waals surface area contributed by atoms with Crippen molar-refractivity contribution in [3.05, 3.63) is 45.5 Å². The minimum absolute atomic E-state index is 0.128. The molecule has 0 aromatic heterocycles. The Labute approximate surface area is 178 Å². The van der Waals surface area contributed by atoms with E-state index in [4.69, 9.17) is 9.47 Å². The second-order valence-electron chi connectivity index (χ2n) is 6.24. The summed E-state index contributed by atoms with van der Waals surface area (Å²) in [6.45, 7) is 3.94. The number of carbonyl (C=O) groups is 1.